The molecule has 0 aromatic heterocycles. The number of hydrogen-bond donors (Lipinski definition) is 3. The third kappa shape index (κ3) is 4.67. The lowest BCUT2D eigenvalue weighted by Gasteiger charge is -2.14. The molecule has 0 aliphatic carbocycles. The standard InChI is InChI=1S/C12H10ClF2NO5/c13-6-4-7(14)5(3-8(6)15)11(19)16-9(12(20)21)1-2-10(17)18/h3-4,9H,1-2H2,(H,16,19)(H,17,18)(H,20,21). The molecule has 3 N–H and O–H groups in total. The first-order chi connectivity index (χ1) is 9.72. The number of carbonyl (C=O) groups is 3. The highest BCUT2D eigenvalue weighted by molar-refractivity contribution is 6.30. The molecule has 1 aromatic rings. The normalized spacial score (nSPS) is 11.8. The van der Waals surface area contributed by atoms with Crippen LogP contribution in [0.4, 0.5) is 8.78 Å². The molecule has 114 valence electrons. The summed E-state index contributed by atoms with van der Waals surface area (Å²) in [6, 6.07) is -0.422. The van der Waals surface area contributed by atoms with Crippen molar-refractivity contribution >= 4 is 29.4 Å². The molecule has 9 heteroatoms. The first-order valence-electron chi connectivity index (χ1n) is 5.62. The number of amides is 1. The van der Waals surface area contributed by atoms with Gasteiger partial charge in [-0.25, -0.2) is 13.6 Å². The molecule has 0 saturated heterocycles. The highest BCUT2D eigenvalue weighted by atomic mass is 35.5. The predicted octanol–water partition coefficient (Wildman–Crippen LogP) is 1.67. The number of nitrogens with one attached hydrogen (secondary N) is 1. The van der Waals surface area contributed by atoms with E-state index in [1.54, 1.807) is 0 Å². The lowest BCUT2D eigenvalue weighted by atomic mass is 10.1. The second-order valence-corrected chi connectivity index (χ2v) is 4.45. The van der Waals surface area contributed by atoms with Crippen molar-refractivity contribution in [2.75, 3.05) is 0 Å². The molecule has 0 radical (unpaired) electrons. The van der Waals surface area contributed by atoms with Gasteiger partial charge in [0.25, 0.3) is 5.91 Å². The maximum atomic E-state index is 13.5. The highest BCUT2D eigenvalue weighted by Gasteiger charge is 2.24. The minimum atomic E-state index is -1.54. The third-order valence-corrected chi connectivity index (χ3v) is 2.79. The van der Waals surface area contributed by atoms with Crippen molar-refractivity contribution in [3.05, 3.63) is 34.4 Å². The van der Waals surface area contributed by atoms with Crippen LogP contribution in [0.2, 0.25) is 5.02 Å². The SMILES string of the molecule is O=C(O)CCC(NC(=O)c1cc(F)c(Cl)cc1F)C(=O)O. The average Bonchev–Trinajstić information content (AvgIpc) is 2.37. The fraction of sp³-hybridized carbons (Fsp3) is 0.250. The minimum absolute atomic E-state index is 0.395. The second-order valence-electron chi connectivity index (χ2n) is 4.04. The van der Waals surface area contributed by atoms with Crippen molar-refractivity contribution in [2.24, 2.45) is 0 Å². The molecule has 0 bridgehead atoms. The van der Waals surface area contributed by atoms with Gasteiger partial charge in [-0.1, -0.05) is 11.6 Å². The van der Waals surface area contributed by atoms with Crippen LogP contribution in [0, 0.1) is 11.6 Å². The number of carboxylic acids is 2. The van der Waals surface area contributed by atoms with E-state index in [9.17, 15) is 23.2 Å². The Morgan fingerprint density at radius 2 is 1.81 bits per heavy atom. The van der Waals surface area contributed by atoms with Crippen LogP contribution in [0.15, 0.2) is 12.1 Å². The van der Waals surface area contributed by atoms with Crippen molar-refractivity contribution in [1.29, 1.82) is 0 Å². The Morgan fingerprint density at radius 3 is 2.33 bits per heavy atom. The van der Waals surface area contributed by atoms with E-state index in [0.717, 1.165) is 0 Å². The largest absolute Gasteiger partial charge is 0.481 e. The van der Waals surface area contributed by atoms with E-state index < -0.39 is 58.9 Å². The van der Waals surface area contributed by atoms with Gasteiger partial charge in [0.2, 0.25) is 0 Å². The average molecular weight is 322 g/mol. The van der Waals surface area contributed by atoms with Crippen LogP contribution in [0.3, 0.4) is 0 Å². The zero-order valence-electron chi connectivity index (χ0n) is 10.4. The maximum absolute atomic E-state index is 13.5. The van der Waals surface area contributed by atoms with Crippen molar-refractivity contribution in [2.45, 2.75) is 18.9 Å². The first kappa shape index (κ1) is 16.8. The molecule has 0 aliphatic rings. The summed E-state index contributed by atoms with van der Waals surface area (Å²) in [6.45, 7) is 0. The second kappa shape index (κ2) is 6.98. The Bertz CT molecular complexity index is 593. The molecule has 0 saturated carbocycles. The number of rotatable bonds is 6. The molecular formula is C12H10ClF2NO5. The van der Waals surface area contributed by atoms with Crippen LogP contribution in [0.5, 0.6) is 0 Å². The lowest BCUT2D eigenvalue weighted by Crippen LogP contribution is -2.41. The molecule has 0 fully saturated rings. The van der Waals surface area contributed by atoms with Crippen LogP contribution in [-0.4, -0.2) is 34.1 Å². The number of hydrogen-bond acceptors (Lipinski definition) is 3. The van der Waals surface area contributed by atoms with Crippen LogP contribution >= 0.6 is 11.6 Å². The van der Waals surface area contributed by atoms with Gasteiger partial charge >= 0.3 is 11.9 Å². The maximum Gasteiger partial charge on any atom is 0.326 e. The number of benzene rings is 1. The van der Waals surface area contributed by atoms with Crippen molar-refractivity contribution in [3.63, 3.8) is 0 Å². The zero-order valence-corrected chi connectivity index (χ0v) is 11.2. The van der Waals surface area contributed by atoms with E-state index in [4.69, 9.17) is 21.8 Å². The van der Waals surface area contributed by atoms with Gasteiger partial charge in [0, 0.05) is 6.42 Å². The van der Waals surface area contributed by atoms with Crippen molar-refractivity contribution in [3.8, 4) is 0 Å². The predicted molar refractivity (Wildman–Crippen MR) is 67.1 cm³/mol. The number of carboxylic acid groups (broad SMARTS) is 2. The summed E-state index contributed by atoms with van der Waals surface area (Å²) in [5.41, 5.74) is -0.724. The fourth-order valence-electron chi connectivity index (χ4n) is 1.46. The van der Waals surface area contributed by atoms with Crippen molar-refractivity contribution < 1.29 is 33.4 Å². The van der Waals surface area contributed by atoms with E-state index in [0.29, 0.717) is 12.1 Å². The molecule has 0 spiro atoms. The van der Waals surface area contributed by atoms with Gasteiger partial charge in [-0.2, -0.15) is 0 Å². The van der Waals surface area contributed by atoms with Gasteiger partial charge < -0.3 is 15.5 Å². The van der Waals surface area contributed by atoms with Gasteiger partial charge in [-0.3, -0.25) is 9.59 Å². The number of aliphatic carboxylic acids is 2. The van der Waals surface area contributed by atoms with Crippen molar-refractivity contribution in [1.82, 2.24) is 5.32 Å². The fourth-order valence-corrected chi connectivity index (χ4v) is 1.61. The smallest absolute Gasteiger partial charge is 0.326 e. The summed E-state index contributed by atoms with van der Waals surface area (Å²) in [5.74, 6) is -6.08. The number of carbonyl (C=O) groups excluding carboxylic acids is 1. The Labute approximate surface area is 122 Å². The Kier molecular flexibility index (Phi) is 5.60. The Morgan fingerprint density at radius 1 is 1.19 bits per heavy atom. The van der Waals surface area contributed by atoms with Crippen LogP contribution in [0.1, 0.15) is 23.2 Å². The summed E-state index contributed by atoms with van der Waals surface area (Å²) in [7, 11) is 0. The van der Waals surface area contributed by atoms with Gasteiger partial charge in [0.1, 0.15) is 17.7 Å². The summed E-state index contributed by atoms with van der Waals surface area (Å²) in [6.07, 6.45) is -0.900. The molecular weight excluding hydrogens is 312 g/mol. The third-order valence-electron chi connectivity index (χ3n) is 2.50. The van der Waals surface area contributed by atoms with Gasteiger partial charge in [0.05, 0.1) is 10.6 Å². The molecule has 1 atom stereocenters. The molecule has 0 aliphatic heterocycles. The molecule has 0 heterocycles. The van der Waals surface area contributed by atoms with Crippen LogP contribution in [-0.2, 0) is 9.59 Å². The summed E-state index contributed by atoms with van der Waals surface area (Å²) in [5, 5.41) is 18.7. The monoisotopic (exact) mass is 321 g/mol. The molecule has 1 unspecified atom stereocenters. The highest BCUT2D eigenvalue weighted by Crippen LogP contribution is 2.19. The quantitative estimate of drug-likeness (QED) is 0.691. The summed E-state index contributed by atoms with van der Waals surface area (Å²) >= 11 is 5.33. The molecule has 1 aromatic carbocycles. The van der Waals surface area contributed by atoms with Crippen LogP contribution < -0.4 is 5.32 Å². The van der Waals surface area contributed by atoms with E-state index in [-0.39, 0.29) is 0 Å². The minimum Gasteiger partial charge on any atom is -0.481 e. The Balaban J connectivity index is 2.89. The number of halogens is 3. The van der Waals surface area contributed by atoms with E-state index in [1.165, 1.54) is 0 Å². The van der Waals surface area contributed by atoms with E-state index >= 15 is 0 Å². The molecule has 6 nitrogen and oxygen atoms in total. The Hall–Kier alpha value is -2.22. The van der Waals surface area contributed by atoms with Gasteiger partial charge in [-0.05, 0) is 18.6 Å². The van der Waals surface area contributed by atoms with Gasteiger partial charge in [-0.15, -0.1) is 0 Å². The molecule has 21 heavy (non-hydrogen) atoms. The molecule has 1 rings (SSSR count). The van der Waals surface area contributed by atoms with E-state index in [2.05, 4.69) is 0 Å². The lowest BCUT2D eigenvalue weighted by molar-refractivity contribution is -0.140. The summed E-state index contributed by atoms with van der Waals surface area (Å²) < 4.78 is 26.7. The van der Waals surface area contributed by atoms with Gasteiger partial charge in [0.15, 0.2) is 0 Å². The topological polar surface area (TPSA) is 104 Å². The van der Waals surface area contributed by atoms with E-state index in [1.807, 2.05) is 5.32 Å². The molecule has 1 amide bonds. The zero-order chi connectivity index (χ0) is 16.2. The first-order valence-corrected chi connectivity index (χ1v) is 6.00. The summed E-state index contributed by atoms with van der Waals surface area (Å²) in [4.78, 5) is 33.0. The van der Waals surface area contributed by atoms with Crippen LogP contribution in [0.25, 0.3) is 0 Å².